The third kappa shape index (κ3) is 13.6. The van der Waals surface area contributed by atoms with Gasteiger partial charge in [-0.05, 0) is 75.3 Å². The maximum Gasteiger partial charge on any atom is 0.413 e. The fourth-order valence-electron chi connectivity index (χ4n) is 6.18. The molecule has 0 aromatic heterocycles. The Morgan fingerprint density at radius 1 is 0.361 bits per heavy atom. The largest absolute Gasteiger partial charge is 0.489 e. The van der Waals surface area contributed by atoms with Crippen LogP contribution < -0.4 is 28.4 Å². The van der Waals surface area contributed by atoms with E-state index in [1.54, 1.807) is 18.2 Å². The van der Waals surface area contributed by atoms with Gasteiger partial charge in [-0.15, -0.1) is 0 Å². The summed E-state index contributed by atoms with van der Waals surface area (Å²) in [4.78, 5) is 14.8. The number of nitrogens with zero attached hydrogens (tertiary/aromatic N) is 2. The molecule has 7 aromatic carbocycles. The first-order valence-electron chi connectivity index (χ1n) is 19.7. The minimum absolute atomic E-state index is 0.126. The lowest BCUT2D eigenvalue weighted by molar-refractivity contribution is -0.140. The Kier molecular flexibility index (Phi) is 14.8. The van der Waals surface area contributed by atoms with Crippen molar-refractivity contribution in [3.63, 3.8) is 0 Å². The second-order valence-electron chi connectivity index (χ2n) is 14.0. The molecule has 7 aromatic rings. The molecular formula is C51H44N2O8. The van der Waals surface area contributed by atoms with Gasteiger partial charge < -0.3 is 38.7 Å². The molecular weight excluding hydrogens is 769 g/mol. The number of hydrogen-bond acceptors (Lipinski definition) is 8. The molecule has 0 aliphatic carbocycles. The van der Waals surface area contributed by atoms with Gasteiger partial charge in [0.05, 0.1) is 0 Å². The molecule has 0 saturated heterocycles. The van der Waals surface area contributed by atoms with Crippen LogP contribution in [0.3, 0.4) is 0 Å². The van der Waals surface area contributed by atoms with Crippen LogP contribution in [0, 0.1) is 0 Å². The zero-order valence-electron chi connectivity index (χ0n) is 33.4. The van der Waals surface area contributed by atoms with Crippen molar-refractivity contribution >= 4 is 12.2 Å². The van der Waals surface area contributed by atoms with Crippen molar-refractivity contribution < 1.29 is 42.7 Å². The minimum Gasteiger partial charge on any atom is -0.489 e. The van der Waals surface area contributed by atoms with Gasteiger partial charge in [0.15, 0.2) is 0 Å². The molecule has 0 spiro atoms. The van der Waals surface area contributed by atoms with Crippen LogP contribution in [-0.4, -0.2) is 17.0 Å². The molecule has 0 fully saturated rings. The summed E-state index contributed by atoms with van der Waals surface area (Å²) in [6, 6.07) is 56.4. The SMILES string of the molecule is [N-]=[N+]=CC(=O)OCc1cc(OCc2cc(OCc3ccccc3)cc(OCc3ccccc3)c2)cc(OCc2cc(OCc3ccccc3)cc(OCc3ccccc3)c2)c1. The predicted molar refractivity (Wildman–Crippen MR) is 231 cm³/mol. The number of hydrogen-bond donors (Lipinski definition) is 0. The van der Waals surface area contributed by atoms with Gasteiger partial charge in [-0.3, -0.25) is 0 Å². The summed E-state index contributed by atoms with van der Waals surface area (Å²) in [5.41, 5.74) is 15.2. The average Bonchev–Trinajstić information content (AvgIpc) is 3.31. The second-order valence-corrected chi connectivity index (χ2v) is 14.0. The smallest absolute Gasteiger partial charge is 0.413 e. The van der Waals surface area contributed by atoms with Gasteiger partial charge in [0.25, 0.3) is 0 Å². The van der Waals surface area contributed by atoms with Crippen molar-refractivity contribution in [3.8, 4) is 34.5 Å². The van der Waals surface area contributed by atoms with Crippen molar-refractivity contribution in [3.05, 3.63) is 220 Å². The van der Waals surface area contributed by atoms with Crippen molar-refractivity contribution in [1.82, 2.24) is 0 Å². The lowest BCUT2D eigenvalue weighted by Gasteiger charge is -2.16. The summed E-state index contributed by atoms with van der Waals surface area (Å²) >= 11 is 0. The van der Waals surface area contributed by atoms with Crippen LogP contribution in [0.5, 0.6) is 34.5 Å². The van der Waals surface area contributed by atoms with Crippen molar-refractivity contribution in [2.24, 2.45) is 0 Å². The molecule has 0 N–H and O–H groups in total. The van der Waals surface area contributed by atoms with Gasteiger partial charge in [-0.1, -0.05) is 121 Å². The van der Waals surface area contributed by atoms with Gasteiger partial charge in [-0.25, -0.2) is 4.79 Å². The molecule has 0 atom stereocenters. The van der Waals surface area contributed by atoms with Crippen molar-refractivity contribution in [2.45, 2.75) is 46.2 Å². The molecule has 7 rings (SSSR count). The van der Waals surface area contributed by atoms with E-state index in [0.29, 0.717) is 72.7 Å². The van der Waals surface area contributed by atoms with E-state index in [0.717, 1.165) is 33.4 Å². The van der Waals surface area contributed by atoms with Gasteiger partial charge in [0.2, 0.25) is 0 Å². The Morgan fingerprint density at radius 2 is 0.607 bits per heavy atom. The Morgan fingerprint density at radius 3 is 0.869 bits per heavy atom. The van der Waals surface area contributed by atoms with Crippen LogP contribution in [-0.2, 0) is 55.8 Å². The van der Waals surface area contributed by atoms with Gasteiger partial charge in [0, 0.05) is 18.2 Å². The highest BCUT2D eigenvalue weighted by atomic mass is 16.5. The van der Waals surface area contributed by atoms with Crippen LogP contribution in [0.15, 0.2) is 176 Å². The fourth-order valence-corrected chi connectivity index (χ4v) is 6.18. The number of rotatable bonds is 21. The molecule has 0 radical (unpaired) electrons. The maximum absolute atomic E-state index is 12.1. The number of ether oxygens (including phenoxy) is 7. The summed E-state index contributed by atoms with van der Waals surface area (Å²) in [7, 11) is 0. The molecule has 0 heterocycles. The average molecular weight is 813 g/mol. The molecule has 10 nitrogen and oxygen atoms in total. The van der Waals surface area contributed by atoms with Gasteiger partial charge >= 0.3 is 12.2 Å². The zero-order chi connectivity index (χ0) is 41.9. The lowest BCUT2D eigenvalue weighted by atomic mass is 10.2. The monoisotopic (exact) mass is 812 g/mol. The fraction of sp³-hybridized carbons (Fsp3) is 0.137. The molecule has 0 amide bonds. The summed E-state index contributed by atoms with van der Waals surface area (Å²) in [5, 5.41) is 0. The molecule has 0 unspecified atom stereocenters. The summed E-state index contributed by atoms with van der Waals surface area (Å²) in [5.74, 6) is 2.65. The van der Waals surface area contributed by atoms with Crippen LogP contribution >= 0.6 is 0 Å². The molecule has 0 aliphatic heterocycles. The Labute approximate surface area is 355 Å². The third-order valence-electron chi connectivity index (χ3n) is 9.17. The van der Waals surface area contributed by atoms with Crippen LogP contribution in [0.4, 0.5) is 0 Å². The van der Waals surface area contributed by atoms with E-state index >= 15 is 0 Å². The molecule has 0 bridgehead atoms. The highest BCUT2D eigenvalue weighted by Crippen LogP contribution is 2.30. The summed E-state index contributed by atoms with van der Waals surface area (Å²) in [6.45, 7) is 1.73. The molecule has 10 heteroatoms. The van der Waals surface area contributed by atoms with E-state index in [1.165, 1.54) is 0 Å². The second kappa shape index (κ2) is 21.8. The normalized spacial score (nSPS) is 10.5. The standard InChI is InChI=1S/C51H44N2O8/c52-53-30-51(54)61-37-44-25-49(59-35-42-21-45(55-31-38-13-5-1-6-14-38)27-46(22-42)56-32-39-15-7-2-8-16-39)29-50(26-44)60-36-43-23-47(57-33-40-17-9-3-10-18-40)28-48(24-43)58-34-41-19-11-4-12-20-41/h1-30H,31-37H2. The van der Waals surface area contributed by atoms with Crippen molar-refractivity contribution in [2.75, 3.05) is 0 Å². The lowest BCUT2D eigenvalue weighted by Crippen LogP contribution is -2.07. The topological polar surface area (TPSA) is 118 Å². The Balaban J connectivity index is 1.09. The van der Waals surface area contributed by atoms with Gasteiger partial charge in [0.1, 0.15) is 80.7 Å². The first-order chi connectivity index (χ1) is 30.0. The third-order valence-corrected chi connectivity index (χ3v) is 9.17. The zero-order valence-corrected chi connectivity index (χ0v) is 33.4. The maximum atomic E-state index is 12.1. The highest BCUT2D eigenvalue weighted by Gasteiger charge is 2.12. The first kappa shape index (κ1) is 41.4. The van der Waals surface area contributed by atoms with E-state index in [4.69, 9.17) is 38.7 Å². The Hall–Kier alpha value is -7.81. The van der Waals surface area contributed by atoms with E-state index in [1.807, 2.05) is 158 Å². The van der Waals surface area contributed by atoms with E-state index in [-0.39, 0.29) is 19.8 Å². The number of benzene rings is 7. The summed E-state index contributed by atoms with van der Waals surface area (Å²) < 4.78 is 42.8. The highest BCUT2D eigenvalue weighted by molar-refractivity contribution is 6.20. The first-order valence-corrected chi connectivity index (χ1v) is 19.7. The number of esters is 1. The van der Waals surface area contributed by atoms with E-state index < -0.39 is 5.97 Å². The molecule has 0 aliphatic rings. The molecule has 61 heavy (non-hydrogen) atoms. The summed E-state index contributed by atoms with van der Waals surface area (Å²) in [6.07, 6.45) is 0.687. The quantitative estimate of drug-likeness (QED) is 0.0305. The van der Waals surface area contributed by atoms with E-state index in [9.17, 15) is 4.79 Å². The predicted octanol–water partition coefficient (Wildman–Crippen LogP) is 10.5. The minimum atomic E-state index is -0.804. The van der Waals surface area contributed by atoms with Crippen LogP contribution in [0.2, 0.25) is 0 Å². The van der Waals surface area contributed by atoms with E-state index in [2.05, 4.69) is 4.79 Å². The van der Waals surface area contributed by atoms with Crippen LogP contribution in [0.1, 0.15) is 38.9 Å². The van der Waals surface area contributed by atoms with Crippen molar-refractivity contribution in [1.29, 1.82) is 0 Å². The Bertz CT molecular complexity index is 2230. The van der Waals surface area contributed by atoms with Gasteiger partial charge in [-0.2, -0.15) is 4.79 Å². The number of carbonyl (C=O) groups is 1. The molecule has 306 valence electrons. The van der Waals surface area contributed by atoms with Crippen LogP contribution in [0.25, 0.3) is 5.53 Å². The molecule has 0 saturated carbocycles. The number of carbonyl (C=O) groups excluding carboxylic acids is 1.